The third-order valence-electron chi connectivity index (χ3n) is 3.02. The van der Waals surface area contributed by atoms with E-state index in [2.05, 4.69) is 33.3 Å². The van der Waals surface area contributed by atoms with Crippen molar-refractivity contribution in [2.75, 3.05) is 19.1 Å². The van der Waals surface area contributed by atoms with Gasteiger partial charge in [-0.25, -0.2) is 19.9 Å². The first-order chi connectivity index (χ1) is 10.0. The molecule has 0 spiro atoms. The maximum absolute atomic E-state index is 5.98. The molecule has 6 nitrogen and oxygen atoms in total. The Bertz CT molecular complexity index is 783. The molecular formula is C13H14ClN6P. The van der Waals surface area contributed by atoms with Crippen molar-refractivity contribution in [1.29, 1.82) is 0 Å². The summed E-state index contributed by atoms with van der Waals surface area (Å²) in [5.74, 6) is 0.430. The minimum absolute atomic E-state index is 0.415. The zero-order valence-electron chi connectivity index (χ0n) is 11.7. The lowest BCUT2D eigenvalue weighted by Crippen LogP contribution is -2.14. The van der Waals surface area contributed by atoms with Crippen molar-refractivity contribution >= 4 is 42.1 Å². The lowest BCUT2D eigenvalue weighted by molar-refractivity contribution is 0.810. The maximum Gasteiger partial charge on any atom is 0.166 e. The second-order valence-electron chi connectivity index (χ2n) is 4.84. The summed E-state index contributed by atoms with van der Waals surface area (Å²) in [5, 5.41) is 0.478. The van der Waals surface area contributed by atoms with Crippen LogP contribution in [0.3, 0.4) is 0 Å². The van der Waals surface area contributed by atoms with Gasteiger partial charge < -0.3 is 10.3 Å². The van der Waals surface area contributed by atoms with Crippen molar-refractivity contribution in [3.8, 4) is 0 Å². The highest BCUT2D eigenvalue weighted by molar-refractivity contribution is 7.63. The predicted molar refractivity (Wildman–Crippen MR) is 86.5 cm³/mol. The molecule has 0 aliphatic carbocycles. The molecule has 3 aromatic rings. The van der Waals surface area contributed by atoms with Crippen LogP contribution in [0.5, 0.6) is 0 Å². The van der Waals surface area contributed by atoms with Crippen LogP contribution in [0.2, 0.25) is 5.15 Å². The van der Waals surface area contributed by atoms with Gasteiger partial charge in [0.15, 0.2) is 17.0 Å². The van der Waals surface area contributed by atoms with Crippen molar-refractivity contribution < 1.29 is 0 Å². The molecule has 0 unspecified atom stereocenters. The van der Waals surface area contributed by atoms with E-state index in [0.717, 1.165) is 16.8 Å². The molecule has 21 heavy (non-hydrogen) atoms. The molecule has 3 heterocycles. The lowest BCUT2D eigenvalue weighted by Gasteiger charge is -2.08. The van der Waals surface area contributed by atoms with E-state index in [1.807, 2.05) is 10.6 Å². The smallest absolute Gasteiger partial charge is 0.166 e. The summed E-state index contributed by atoms with van der Waals surface area (Å²) in [4.78, 5) is 17.3. The van der Waals surface area contributed by atoms with Gasteiger partial charge in [-0.2, -0.15) is 0 Å². The van der Waals surface area contributed by atoms with Crippen LogP contribution >= 0.6 is 19.5 Å². The molecule has 3 aromatic heterocycles. The summed E-state index contributed by atoms with van der Waals surface area (Å²) in [6.07, 6.45) is 3.47. The van der Waals surface area contributed by atoms with Crippen LogP contribution in [0, 0.1) is 0 Å². The Morgan fingerprint density at radius 1 is 1.24 bits per heavy atom. The maximum atomic E-state index is 5.98. The highest BCUT2D eigenvalue weighted by Gasteiger charge is 2.13. The SMILES string of the molecule is CP(C)c1nc(N)c2ncn(Cc3ccc(Cl)nc3)c2n1. The number of imidazole rings is 1. The van der Waals surface area contributed by atoms with Gasteiger partial charge in [-0.05, 0) is 32.9 Å². The van der Waals surface area contributed by atoms with Crippen LogP contribution in [0.1, 0.15) is 5.56 Å². The molecule has 108 valence electrons. The molecule has 3 rings (SSSR count). The fourth-order valence-corrected chi connectivity index (χ4v) is 2.68. The predicted octanol–water partition coefficient (Wildman–Crippen LogP) is 1.87. The molecule has 0 saturated carbocycles. The Hall–Kier alpha value is -1.78. The van der Waals surface area contributed by atoms with E-state index in [-0.39, 0.29) is 0 Å². The number of nitrogen functional groups attached to an aromatic ring is 1. The zero-order chi connectivity index (χ0) is 15.0. The Labute approximate surface area is 128 Å². The molecule has 0 atom stereocenters. The van der Waals surface area contributed by atoms with E-state index >= 15 is 0 Å². The lowest BCUT2D eigenvalue weighted by atomic mass is 10.3. The van der Waals surface area contributed by atoms with Gasteiger partial charge in [0, 0.05) is 6.20 Å². The van der Waals surface area contributed by atoms with E-state index in [4.69, 9.17) is 17.3 Å². The van der Waals surface area contributed by atoms with E-state index in [1.165, 1.54) is 0 Å². The van der Waals surface area contributed by atoms with Crippen molar-refractivity contribution in [2.24, 2.45) is 0 Å². The topological polar surface area (TPSA) is 82.5 Å². The van der Waals surface area contributed by atoms with E-state index < -0.39 is 7.92 Å². The zero-order valence-corrected chi connectivity index (χ0v) is 13.3. The van der Waals surface area contributed by atoms with E-state index in [1.54, 1.807) is 18.6 Å². The molecule has 0 fully saturated rings. The third-order valence-corrected chi connectivity index (χ3v) is 4.24. The van der Waals surface area contributed by atoms with Crippen LogP contribution in [0.4, 0.5) is 5.82 Å². The molecule has 8 heteroatoms. The van der Waals surface area contributed by atoms with E-state index in [0.29, 0.717) is 23.0 Å². The van der Waals surface area contributed by atoms with Crippen LogP contribution in [-0.2, 0) is 6.54 Å². The standard InChI is InChI=1S/C13H14ClN6P/c1-21(2)13-18-11(15)10-12(19-13)20(7-17-10)6-8-3-4-9(14)16-5-8/h3-5,7H,6H2,1-2H3,(H2,15,18,19). The number of hydrogen-bond acceptors (Lipinski definition) is 5. The first-order valence-corrected chi connectivity index (χ1v) is 8.92. The summed E-state index contributed by atoms with van der Waals surface area (Å²) in [5.41, 5.74) is 9.17. The molecule has 0 radical (unpaired) electrons. The van der Waals surface area contributed by atoms with Crippen molar-refractivity contribution in [1.82, 2.24) is 24.5 Å². The first-order valence-electron chi connectivity index (χ1n) is 6.30. The fraction of sp³-hybridized carbons (Fsp3) is 0.231. The largest absolute Gasteiger partial charge is 0.382 e. The summed E-state index contributed by atoms with van der Waals surface area (Å²) in [7, 11) is -0.415. The number of nitrogens with two attached hydrogens (primary N) is 1. The summed E-state index contributed by atoms with van der Waals surface area (Å²) >= 11 is 5.80. The van der Waals surface area contributed by atoms with Crippen molar-refractivity contribution in [2.45, 2.75) is 6.54 Å². The summed E-state index contributed by atoms with van der Waals surface area (Å²) in [6, 6.07) is 3.70. The Morgan fingerprint density at radius 2 is 2.05 bits per heavy atom. The van der Waals surface area contributed by atoms with Crippen LogP contribution < -0.4 is 11.3 Å². The minimum Gasteiger partial charge on any atom is -0.382 e. The number of fused-ring (bicyclic) bond motifs is 1. The highest BCUT2D eigenvalue weighted by Crippen LogP contribution is 2.24. The van der Waals surface area contributed by atoms with Gasteiger partial charge in [0.2, 0.25) is 0 Å². The van der Waals surface area contributed by atoms with Gasteiger partial charge in [0.05, 0.1) is 12.9 Å². The average Bonchev–Trinajstić information content (AvgIpc) is 2.85. The van der Waals surface area contributed by atoms with Crippen LogP contribution in [0.15, 0.2) is 24.7 Å². The van der Waals surface area contributed by atoms with Gasteiger partial charge in [0.1, 0.15) is 10.7 Å². The fourth-order valence-electron chi connectivity index (χ4n) is 1.97. The number of hydrogen-bond donors (Lipinski definition) is 1. The molecule has 0 bridgehead atoms. The van der Waals surface area contributed by atoms with Gasteiger partial charge in [-0.15, -0.1) is 0 Å². The number of nitrogens with zero attached hydrogens (tertiary/aromatic N) is 5. The number of pyridine rings is 1. The molecule has 2 N–H and O–H groups in total. The number of halogens is 1. The van der Waals surface area contributed by atoms with Gasteiger partial charge >= 0.3 is 0 Å². The number of anilines is 1. The molecule has 0 amide bonds. The number of aromatic nitrogens is 5. The average molecular weight is 321 g/mol. The van der Waals surface area contributed by atoms with Crippen molar-refractivity contribution in [3.63, 3.8) is 0 Å². The first kappa shape index (κ1) is 14.2. The van der Waals surface area contributed by atoms with Gasteiger partial charge in [-0.1, -0.05) is 17.7 Å². The quantitative estimate of drug-likeness (QED) is 0.588. The van der Waals surface area contributed by atoms with Crippen LogP contribution in [-0.4, -0.2) is 37.8 Å². The Balaban J connectivity index is 2.04. The van der Waals surface area contributed by atoms with Crippen molar-refractivity contribution in [3.05, 3.63) is 35.4 Å². The van der Waals surface area contributed by atoms with Gasteiger partial charge in [-0.3, -0.25) is 0 Å². The summed E-state index contributed by atoms with van der Waals surface area (Å²) in [6.45, 7) is 4.81. The van der Waals surface area contributed by atoms with E-state index in [9.17, 15) is 0 Å². The monoisotopic (exact) mass is 320 g/mol. The highest BCUT2D eigenvalue weighted by atomic mass is 35.5. The second kappa shape index (κ2) is 5.54. The van der Waals surface area contributed by atoms with Gasteiger partial charge in [0.25, 0.3) is 0 Å². The summed E-state index contributed by atoms with van der Waals surface area (Å²) < 4.78 is 1.95. The molecule has 0 aromatic carbocycles. The number of rotatable bonds is 3. The second-order valence-corrected chi connectivity index (χ2v) is 7.41. The van der Waals surface area contributed by atoms with Crippen LogP contribution in [0.25, 0.3) is 11.2 Å². The molecular weight excluding hydrogens is 307 g/mol. The Morgan fingerprint density at radius 3 is 2.71 bits per heavy atom. The third kappa shape index (κ3) is 2.82. The normalized spacial score (nSPS) is 11.4. The molecule has 0 aliphatic heterocycles. The Kier molecular flexibility index (Phi) is 3.74. The minimum atomic E-state index is -0.415. The molecule has 0 aliphatic rings. The molecule has 0 saturated heterocycles.